The van der Waals surface area contributed by atoms with Crippen molar-refractivity contribution in [1.82, 2.24) is 0 Å². The third-order valence-corrected chi connectivity index (χ3v) is 5.04. The standard InChI is InChI=1S/C16H24O/c1-11-7-6-8-12(9-11)10-13(17)14-15(2,3)16(14,4)5/h6-9,13-14,17H,10H2,1-5H3. The van der Waals surface area contributed by atoms with Gasteiger partial charge in [-0.1, -0.05) is 57.5 Å². The SMILES string of the molecule is Cc1cccc(CC(O)C2C(C)(C)C2(C)C)c1. The monoisotopic (exact) mass is 232 g/mol. The lowest BCUT2D eigenvalue weighted by atomic mass is 9.98. The summed E-state index contributed by atoms with van der Waals surface area (Å²) in [7, 11) is 0. The Bertz CT molecular complexity index is 403. The molecule has 2 rings (SSSR count). The third kappa shape index (κ3) is 2.01. The van der Waals surface area contributed by atoms with Crippen LogP contribution in [0.5, 0.6) is 0 Å². The Morgan fingerprint density at radius 3 is 2.24 bits per heavy atom. The lowest BCUT2D eigenvalue weighted by molar-refractivity contribution is 0.129. The molecule has 0 radical (unpaired) electrons. The number of aryl methyl sites for hydroxylation is 1. The summed E-state index contributed by atoms with van der Waals surface area (Å²) in [6.07, 6.45) is 0.556. The number of aliphatic hydroxyl groups excluding tert-OH is 1. The van der Waals surface area contributed by atoms with Gasteiger partial charge in [0.05, 0.1) is 6.10 Å². The summed E-state index contributed by atoms with van der Waals surface area (Å²) in [4.78, 5) is 0. The van der Waals surface area contributed by atoms with Gasteiger partial charge >= 0.3 is 0 Å². The summed E-state index contributed by atoms with van der Waals surface area (Å²) in [6, 6.07) is 8.45. The normalized spacial score (nSPS) is 23.4. The van der Waals surface area contributed by atoms with E-state index >= 15 is 0 Å². The van der Waals surface area contributed by atoms with Gasteiger partial charge in [-0.3, -0.25) is 0 Å². The highest BCUT2D eigenvalue weighted by Gasteiger charge is 2.66. The average Bonchev–Trinajstić information content (AvgIpc) is 2.56. The van der Waals surface area contributed by atoms with Crippen LogP contribution in [0, 0.1) is 23.7 Å². The molecule has 1 nitrogen and oxygen atoms in total. The van der Waals surface area contributed by atoms with E-state index in [-0.39, 0.29) is 16.9 Å². The Kier molecular flexibility index (Phi) is 2.86. The van der Waals surface area contributed by atoms with Gasteiger partial charge in [0.25, 0.3) is 0 Å². The van der Waals surface area contributed by atoms with Crippen LogP contribution >= 0.6 is 0 Å². The van der Waals surface area contributed by atoms with E-state index in [1.807, 2.05) is 0 Å². The van der Waals surface area contributed by atoms with Crippen LogP contribution in [0.2, 0.25) is 0 Å². The smallest absolute Gasteiger partial charge is 0.0619 e. The van der Waals surface area contributed by atoms with Crippen LogP contribution in [0.1, 0.15) is 38.8 Å². The van der Waals surface area contributed by atoms with Gasteiger partial charge in [0.15, 0.2) is 0 Å². The van der Waals surface area contributed by atoms with Crippen LogP contribution in [0.3, 0.4) is 0 Å². The van der Waals surface area contributed by atoms with Crippen LogP contribution in [0.15, 0.2) is 24.3 Å². The van der Waals surface area contributed by atoms with Crippen molar-refractivity contribution in [2.45, 2.75) is 47.1 Å². The van der Waals surface area contributed by atoms with Gasteiger partial charge in [-0.2, -0.15) is 0 Å². The zero-order valence-corrected chi connectivity index (χ0v) is 11.6. The van der Waals surface area contributed by atoms with E-state index in [9.17, 15) is 5.11 Å². The fraction of sp³-hybridized carbons (Fsp3) is 0.625. The van der Waals surface area contributed by atoms with Crippen LogP contribution < -0.4 is 0 Å². The number of benzene rings is 1. The number of rotatable bonds is 3. The van der Waals surface area contributed by atoms with E-state index in [4.69, 9.17) is 0 Å². The first-order valence-electron chi connectivity index (χ1n) is 6.50. The fourth-order valence-corrected chi connectivity index (χ4v) is 3.41. The Hall–Kier alpha value is -0.820. The van der Waals surface area contributed by atoms with Gasteiger partial charge < -0.3 is 5.11 Å². The molecule has 0 bridgehead atoms. The summed E-state index contributed by atoms with van der Waals surface area (Å²) < 4.78 is 0. The Balaban J connectivity index is 2.07. The maximum atomic E-state index is 10.4. The molecule has 0 spiro atoms. The second kappa shape index (κ2) is 3.84. The van der Waals surface area contributed by atoms with Crippen molar-refractivity contribution in [3.63, 3.8) is 0 Å². The van der Waals surface area contributed by atoms with Crippen molar-refractivity contribution >= 4 is 0 Å². The molecule has 1 fully saturated rings. The minimum atomic E-state index is -0.221. The maximum absolute atomic E-state index is 10.4. The first kappa shape index (κ1) is 12.6. The first-order chi connectivity index (χ1) is 7.76. The van der Waals surface area contributed by atoms with E-state index < -0.39 is 0 Å². The van der Waals surface area contributed by atoms with Crippen molar-refractivity contribution in [2.24, 2.45) is 16.7 Å². The van der Waals surface area contributed by atoms with E-state index in [1.54, 1.807) is 0 Å². The zero-order valence-electron chi connectivity index (χ0n) is 11.6. The van der Waals surface area contributed by atoms with Gasteiger partial charge in [-0.05, 0) is 35.7 Å². The quantitative estimate of drug-likeness (QED) is 0.844. The van der Waals surface area contributed by atoms with Crippen molar-refractivity contribution in [3.05, 3.63) is 35.4 Å². The fourth-order valence-electron chi connectivity index (χ4n) is 3.41. The molecule has 0 saturated heterocycles. The van der Waals surface area contributed by atoms with Crippen LogP contribution in [-0.4, -0.2) is 11.2 Å². The van der Waals surface area contributed by atoms with Gasteiger partial charge in [0.1, 0.15) is 0 Å². The van der Waals surface area contributed by atoms with Gasteiger partial charge in [0.2, 0.25) is 0 Å². The Morgan fingerprint density at radius 2 is 1.76 bits per heavy atom. The molecule has 94 valence electrons. The highest BCUT2D eigenvalue weighted by atomic mass is 16.3. The first-order valence-corrected chi connectivity index (χ1v) is 6.50. The van der Waals surface area contributed by atoms with Crippen molar-refractivity contribution in [2.75, 3.05) is 0 Å². The lowest BCUT2D eigenvalue weighted by Crippen LogP contribution is -2.17. The van der Waals surface area contributed by atoms with Crippen LogP contribution in [0.4, 0.5) is 0 Å². The molecule has 0 amide bonds. The molecule has 1 aliphatic rings. The molecule has 1 N–H and O–H groups in total. The molecule has 1 aromatic carbocycles. The molecule has 1 aliphatic carbocycles. The molecule has 1 unspecified atom stereocenters. The minimum Gasteiger partial charge on any atom is -0.392 e. The molecular weight excluding hydrogens is 208 g/mol. The predicted molar refractivity (Wildman–Crippen MR) is 71.9 cm³/mol. The van der Waals surface area contributed by atoms with Crippen molar-refractivity contribution < 1.29 is 5.11 Å². The summed E-state index contributed by atoms with van der Waals surface area (Å²) in [5.74, 6) is 0.413. The molecule has 0 heterocycles. The second-order valence-electron chi connectivity index (χ2n) is 6.68. The molecule has 17 heavy (non-hydrogen) atoms. The van der Waals surface area contributed by atoms with Crippen LogP contribution in [-0.2, 0) is 6.42 Å². The van der Waals surface area contributed by atoms with Crippen LogP contribution in [0.25, 0.3) is 0 Å². The number of aliphatic hydroxyl groups is 1. The van der Waals surface area contributed by atoms with Crippen molar-refractivity contribution in [1.29, 1.82) is 0 Å². The predicted octanol–water partition coefficient (Wildman–Crippen LogP) is 3.58. The maximum Gasteiger partial charge on any atom is 0.0619 e. The van der Waals surface area contributed by atoms with Gasteiger partial charge in [-0.25, -0.2) is 0 Å². The molecule has 0 aliphatic heterocycles. The Labute approximate surface area is 105 Å². The third-order valence-electron chi connectivity index (χ3n) is 5.04. The molecule has 1 heteroatoms. The Morgan fingerprint density at radius 1 is 1.18 bits per heavy atom. The molecular formula is C16H24O. The molecule has 1 aromatic rings. The minimum absolute atomic E-state index is 0.221. The van der Waals surface area contributed by atoms with E-state index in [0.29, 0.717) is 5.92 Å². The summed E-state index contributed by atoms with van der Waals surface area (Å²) in [6.45, 7) is 11.1. The summed E-state index contributed by atoms with van der Waals surface area (Å²) in [5.41, 5.74) is 3.03. The van der Waals surface area contributed by atoms with Crippen molar-refractivity contribution in [3.8, 4) is 0 Å². The number of hydrogen-bond donors (Lipinski definition) is 1. The van der Waals surface area contributed by atoms with E-state index in [1.165, 1.54) is 11.1 Å². The second-order valence-corrected chi connectivity index (χ2v) is 6.68. The molecule has 1 saturated carbocycles. The highest BCUT2D eigenvalue weighted by molar-refractivity contribution is 5.24. The van der Waals surface area contributed by atoms with E-state index in [2.05, 4.69) is 58.9 Å². The highest BCUT2D eigenvalue weighted by Crippen LogP contribution is 2.69. The van der Waals surface area contributed by atoms with Gasteiger partial charge in [0, 0.05) is 0 Å². The van der Waals surface area contributed by atoms with Gasteiger partial charge in [-0.15, -0.1) is 0 Å². The molecule has 0 aromatic heterocycles. The lowest BCUT2D eigenvalue weighted by Gasteiger charge is -2.13. The van der Waals surface area contributed by atoms with E-state index in [0.717, 1.165) is 6.42 Å². The largest absolute Gasteiger partial charge is 0.392 e. The summed E-state index contributed by atoms with van der Waals surface area (Å²) in [5, 5.41) is 10.4. The molecule has 1 atom stereocenters. The average molecular weight is 232 g/mol. The topological polar surface area (TPSA) is 20.2 Å². The number of hydrogen-bond acceptors (Lipinski definition) is 1. The summed E-state index contributed by atoms with van der Waals surface area (Å²) >= 11 is 0. The zero-order chi connectivity index (χ0) is 12.8.